The lowest BCUT2D eigenvalue weighted by Gasteiger charge is -2.51. The second-order valence-electron chi connectivity index (χ2n) is 13.4. The molecule has 2 aliphatic rings. The number of aliphatic carboxylic acids is 1. The van der Waals surface area contributed by atoms with Crippen molar-refractivity contribution >= 4 is 29.1 Å². The van der Waals surface area contributed by atoms with Crippen LogP contribution < -0.4 is 9.47 Å². The molecule has 0 spiro atoms. The number of rotatable bonds is 12. The van der Waals surface area contributed by atoms with Gasteiger partial charge in [-0.15, -0.1) is 11.3 Å². The van der Waals surface area contributed by atoms with Gasteiger partial charge in [0.1, 0.15) is 16.3 Å². The molecular weight excluding hydrogens is 761 g/mol. The number of piperidine rings is 2. The van der Waals surface area contributed by atoms with Crippen LogP contribution in [0.2, 0.25) is 0 Å². The largest absolute Gasteiger partial charge is 0.490 e. The monoisotopic (exact) mass is 798 g/mol. The second kappa shape index (κ2) is 16.4. The van der Waals surface area contributed by atoms with Crippen LogP contribution in [0, 0.1) is 17.1 Å². The lowest BCUT2D eigenvalue weighted by atomic mass is 9.72. The van der Waals surface area contributed by atoms with Crippen LogP contribution in [0.25, 0.3) is 0 Å². The molecule has 0 radical (unpaired) electrons. The molecule has 1 N–H and O–H groups in total. The van der Waals surface area contributed by atoms with Crippen molar-refractivity contribution < 1.29 is 59.7 Å². The number of carbonyl (C=O) groups excluding carboxylic acids is 2. The van der Waals surface area contributed by atoms with Gasteiger partial charge in [0.25, 0.3) is 11.8 Å². The van der Waals surface area contributed by atoms with Gasteiger partial charge in [-0.05, 0) is 50.3 Å². The molecule has 0 unspecified atom stereocenters. The normalized spacial score (nSPS) is 20.1. The Balaban J connectivity index is 1.51. The number of carboxylic acids is 1. The Kier molecular flexibility index (Phi) is 12.3. The van der Waals surface area contributed by atoms with Crippen LogP contribution in [0.3, 0.4) is 0 Å². The number of likely N-dealkylation sites (tertiary alicyclic amines) is 2. The number of hydrogen-bond acceptors (Lipinski definition) is 8. The highest BCUT2D eigenvalue weighted by molar-refractivity contribution is 7.10. The summed E-state index contributed by atoms with van der Waals surface area (Å²) >= 11 is 0.327. The lowest BCUT2D eigenvalue weighted by Crippen LogP contribution is -2.68. The van der Waals surface area contributed by atoms with Gasteiger partial charge in [-0.1, -0.05) is 25.5 Å². The Morgan fingerprint density at radius 3 is 2.40 bits per heavy atom. The number of hydrogen-bond donors (Lipinski definition) is 1. The van der Waals surface area contributed by atoms with Crippen LogP contribution >= 0.6 is 11.3 Å². The highest BCUT2D eigenvalue weighted by Crippen LogP contribution is 2.45. The Hall–Kier alpha value is -4.92. The van der Waals surface area contributed by atoms with Crippen molar-refractivity contribution in [3.63, 3.8) is 0 Å². The quantitative estimate of drug-likeness (QED) is 0.145. The highest BCUT2D eigenvalue weighted by atomic mass is 32.1. The topological polar surface area (TPSA) is 133 Å². The summed E-state index contributed by atoms with van der Waals surface area (Å²) < 4.78 is 110. The van der Waals surface area contributed by atoms with E-state index in [-0.39, 0.29) is 88.2 Å². The molecule has 0 bridgehead atoms. The van der Waals surface area contributed by atoms with Gasteiger partial charge >= 0.3 is 18.3 Å². The van der Waals surface area contributed by atoms with Crippen LogP contribution in [-0.4, -0.2) is 75.6 Å². The van der Waals surface area contributed by atoms with E-state index in [4.69, 9.17) is 14.6 Å². The molecule has 5 rings (SSSR count). The molecule has 1 aromatic carbocycles. The fourth-order valence-electron chi connectivity index (χ4n) is 7.31. The first kappa shape index (κ1) is 41.2. The number of carbonyl (C=O) groups is 3. The van der Waals surface area contributed by atoms with Crippen LogP contribution in [-0.2, 0) is 27.4 Å². The number of thiophene rings is 1. The zero-order valence-corrected chi connectivity index (χ0v) is 30.3. The summed E-state index contributed by atoms with van der Waals surface area (Å²) in [7, 11) is 0. The molecule has 0 saturated carbocycles. The summed E-state index contributed by atoms with van der Waals surface area (Å²) in [6.45, 7) is 1.20. The molecule has 2 aliphatic heterocycles. The van der Waals surface area contributed by atoms with E-state index in [1.165, 1.54) is 17.0 Å². The van der Waals surface area contributed by atoms with Gasteiger partial charge in [-0.3, -0.25) is 19.4 Å². The van der Waals surface area contributed by atoms with Gasteiger partial charge in [-0.25, -0.2) is 4.39 Å². The van der Waals surface area contributed by atoms with Crippen LogP contribution in [0.1, 0.15) is 84.8 Å². The number of para-hydroxylation sites is 1. The third kappa shape index (κ3) is 8.66. The van der Waals surface area contributed by atoms with Crippen molar-refractivity contribution in [1.82, 2.24) is 14.8 Å². The number of benzene rings is 1. The maximum Gasteiger partial charge on any atom is 0.425 e. The predicted molar refractivity (Wildman–Crippen MR) is 183 cm³/mol. The number of amides is 2. The standard InChI is InChI=1S/C37H37F7N4O6S/c1-2-7-27-35(54-23-20-28(55-21-23)37(42,43)44,12-6-16-48(27)32(51)30-24(36(39,40)41)9-4-15-46-30)33(52)47-17-13-34(22-45,14-18-47)25-8-3-10-26(38)31(25)53-19-5-11-29(49)50/h3-4,8-10,15,20-21,27H,2,5-7,11-14,16-19H2,1H3,(H,49,50)/t27-,35+/m1/s1. The first-order valence-electron chi connectivity index (χ1n) is 17.5. The van der Waals surface area contributed by atoms with Gasteiger partial charge < -0.3 is 24.4 Å². The molecule has 2 aromatic heterocycles. The fourth-order valence-corrected chi connectivity index (χ4v) is 7.98. The summed E-state index contributed by atoms with van der Waals surface area (Å²) in [4.78, 5) is 45.1. The average Bonchev–Trinajstić information content (AvgIpc) is 3.63. The van der Waals surface area contributed by atoms with Gasteiger partial charge in [0.05, 0.1) is 29.7 Å². The highest BCUT2D eigenvalue weighted by Gasteiger charge is 2.57. The van der Waals surface area contributed by atoms with Crippen molar-refractivity contribution in [2.75, 3.05) is 26.2 Å². The van der Waals surface area contributed by atoms with Gasteiger partial charge in [0, 0.05) is 55.7 Å². The molecule has 2 atom stereocenters. The second-order valence-corrected chi connectivity index (χ2v) is 14.3. The molecule has 55 heavy (non-hydrogen) atoms. The van der Waals surface area contributed by atoms with Crippen molar-refractivity contribution in [2.24, 2.45) is 0 Å². The Morgan fingerprint density at radius 1 is 1.05 bits per heavy atom. The molecule has 2 saturated heterocycles. The van der Waals surface area contributed by atoms with Crippen LogP contribution in [0.5, 0.6) is 11.5 Å². The maximum absolute atomic E-state index is 15.1. The molecule has 296 valence electrons. The summed E-state index contributed by atoms with van der Waals surface area (Å²) in [5.41, 5.74) is -5.45. The van der Waals surface area contributed by atoms with E-state index in [0.717, 1.165) is 34.7 Å². The molecule has 2 amide bonds. The zero-order valence-electron chi connectivity index (χ0n) is 29.5. The third-order valence-electron chi connectivity index (χ3n) is 9.90. The van der Waals surface area contributed by atoms with E-state index in [1.54, 1.807) is 6.92 Å². The van der Waals surface area contributed by atoms with E-state index < -0.39 is 69.1 Å². The molecule has 3 aromatic rings. The van der Waals surface area contributed by atoms with E-state index in [9.17, 15) is 46.0 Å². The first-order valence-corrected chi connectivity index (χ1v) is 18.4. The Bertz CT molecular complexity index is 1920. The molecule has 0 aliphatic carbocycles. The number of halogens is 7. The predicted octanol–water partition coefficient (Wildman–Crippen LogP) is 7.87. The summed E-state index contributed by atoms with van der Waals surface area (Å²) in [5.74, 6) is -4.27. The molecule has 2 fully saturated rings. The summed E-state index contributed by atoms with van der Waals surface area (Å²) in [5, 5.41) is 20.5. The SMILES string of the molecule is CCC[C@H]1N(C(=O)c2ncccc2C(F)(F)F)CCC[C@@]1(Oc1csc(C(F)(F)F)c1)C(=O)N1CCC(C#N)(c2cccc(F)c2OCCCC(=O)O)CC1. The number of aromatic nitrogens is 1. The Morgan fingerprint density at radius 2 is 1.78 bits per heavy atom. The molecular formula is C37H37F7N4O6S. The Labute approximate surface area is 315 Å². The minimum atomic E-state index is -4.95. The zero-order chi connectivity index (χ0) is 40.2. The van der Waals surface area contributed by atoms with Crippen molar-refractivity contribution in [3.8, 4) is 17.6 Å². The van der Waals surface area contributed by atoms with E-state index in [1.807, 2.05) is 0 Å². The summed E-state index contributed by atoms with van der Waals surface area (Å²) in [6.07, 6.45) is -8.69. The number of nitrogens with zero attached hydrogens (tertiary/aromatic N) is 4. The smallest absolute Gasteiger partial charge is 0.425 e. The number of carboxylic acid groups (broad SMARTS) is 1. The van der Waals surface area contributed by atoms with Crippen LogP contribution in [0.15, 0.2) is 48.0 Å². The number of alkyl halides is 6. The lowest BCUT2D eigenvalue weighted by molar-refractivity contribution is -0.160. The average molecular weight is 799 g/mol. The number of pyridine rings is 1. The van der Waals surface area contributed by atoms with E-state index >= 15 is 4.39 Å². The first-order chi connectivity index (χ1) is 26.0. The van der Waals surface area contributed by atoms with Gasteiger partial charge in [0.15, 0.2) is 11.6 Å². The molecule has 10 nitrogen and oxygen atoms in total. The number of ether oxygens (including phenoxy) is 2. The molecule has 4 heterocycles. The minimum absolute atomic E-state index is 0.0176. The van der Waals surface area contributed by atoms with Crippen LogP contribution in [0.4, 0.5) is 30.7 Å². The van der Waals surface area contributed by atoms with Crippen molar-refractivity contribution in [2.45, 2.75) is 87.7 Å². The van der Waals surface area contributed by atoms with E-state index in [2.05, 4.69) is 11.1 Å². The summed E-state index contributed by atoms with van der Waals surface area (Å²) in [6, 6.07) is 7.47. The maximum atomic E-state index is 15.1. The van der Waals surface area contributed by atoms with Crippen molar-refractivity contribution in [3.05, 3.63) is 75.5 Å². The molecule has 18 heteroatoms. The van der Waals surface area contributed by atoms with Gasteiger partial charge in [0.2, 0.25) is 5.60 Å². The van der Waals surface area contributed by atoms with Gasteiger partial charge in [-0.2, -0.15) is 31.6 Å². The van der Waals surface area contributed by atoms with Crippen molar-refractivity contribution in [1.29, 1.82) is 5.26 Å². The minimum Gasteiger partial charge on any atom is -0.490 e. The third-order valence-corrected chi connectivity index (χ3v) is 10.9. The fraction of sp³-hybridized carbons (Fsp3) is 0.486. The van der Waals surface area contributed by atoms with E-state index in [0.29, 0.717) is 23.8 Å². The number of nitriles is 1.